The zero-order chi connectivity index (χ0) is 37.5. The van der Waals surface area contributed by atoms with Crippen LogP contribution in [0.15, 0.2) is 186 Å². The summed E-state index contributed by atoms with van der Waals surface area (Å²) in [6.45, 7) is 0. The number of para-hydroxylation sites is 3. The number of rotatable bonds is 5. The molecule has 0 unspecified atom stereocenters. The molecule has 0 saturated carbocycles. The topological polar surface area (TPSA) is 56.7 Å². The highest BCUT2D eigenvalue weighted by molar-refractivity contribution is 7.26. The van der Waals surface area contributed by atoms with Gasteiger partial charge in [-0.05, 0) is 48.0 Å². The van der Waals surface area contributed by atoms with Crippen molar-refractivity contribution >= 4 is 75.3 Å². The average Bonchev–Trinajstić information content (AvgIpc) is 3.96. The van der Waals surface area contributed by atoms with Crippen molar-refractivity contribution in [2.45, 2.75) is 0 Å². The van der Waals surface area contributed by atoms with Crippen LogP contribution >= 0.6 is 11.3 Å². The second-order valence-corrected chi connectivity index (χ2v) is 15.4. The smallest absolute Gasteiger partial charge is 0.164 e. The van der Waals surface area contributed by atoms with Gasteiger partial charge in [0.15, 0.2) is 17.5 Å². The Bertz CT molecular complexity index is 3400. The summed E-state index contributed by atoms with van der Waals surface area (Å²) in [7, 11) is 0. The minimum Gasteiger partial charge on any atom is -0.456 e. The molecular formula is C51H30N4OS. The van der Waals surface area contributed by atoms with E-state index in [9.17, 15) is 0 Å². The third-order valence-corrected chi connectivity index (χ3v) is 12.3. The SMILES string of the molecule is c1ccc(-c2nc(-c3ccccc3)nc(-c3ccc(-c4cc(-n5c6ccccc6c6ccccc65)cc5c4sc4ccc6oc7ccccc7c6c45)cc3)n2)cc1. The Morgan fingerprint density at radius 2 is 0.930 bits per heavy atom. The van der Waals surface area contributed by atoms with E-state index in [1.54, 1.807) is 0 Å². The van der Waals surface area contributed by atoms with Gasteiger partial charge in [-0.2, -0.15) is 0 Å². The molecule has 0 atom stereocenters. The summed E-state index contributed by atoms with van der Waals surface area (Å²) in [5, 5.41) is 7.20. The summed E-state index contributed by atoms with van der Waals surface area (Å²) < 4.78 is 11.3. The lowest BCUT2D eigenvalue weighted by Crippen LogP contribution is -2.00. The first-order chi connectivity index (χ1) is 28.2. The fourth-order valence-electron chi connectivity index (χ4n) is 8.45. The number of nitrogens with zero attached hydrogens (tertiary/aromatic N) is 4. The standard InChI is InChI=1S/C51H30N4OS/c1-3-13-32(14-4-1)49-52-50(33-15-5-2-6-16-33)54-51(53-49)34-25-23-31(24-26-34)39-29-35(55-41-20-10-7-17-36(41)37-18-8-11-21-42(37)55)30-40-47-45(57-48(39)40)28-27-44-46(47)38-19-9-12-22-43(38)56-44/h1-30H. The van der Waals surface area contributed by atoms with Crippen molar-refractivity contribution in [3.63, 3.8) is 0 Å². The van der Waals surface area contributed by atoms with Crippen molar-refractivity contribution in [3.05, 3.63) is 182 Å². The number of aromatic nitrogens is 4. The molecule has 12 rings (SSSR count). The number of benzene rings is 8. The van der Waals surface area contributed by atoms with E-state index >= 15 is 0 Å². The number of fused-ring (bicyclic) bond motifs is 10. The minimum absolute atomic E-state index is 0.634. The molecule has 8 aromatic carbocycles. The van der Waals surface area contributed by atoms with Crippen molar-refractivity contribution in [2.24, 2.45) is 0 Å². The van der Waals surface area contributed by atoms with Gasteiger partial charge in [-0.25, -0.2) is 15.0 Å². The number of furan rings is 1. The van der Waals surface area contributed by atoms with Crippen LogP contribution in [0.5, 0.6) is 0 Å². The predicted molar refractivity (Wildman–Crippen MR) is 236 cm³/mol. The zero-order valence-corrected chi connectivity index (χ0v) is 31.2. The lowest BCUT2D eigenvalue weighted by atomic mass is 9.98. The Morgan fingerprint density at radius 3 is 1.56 bits per heavy atom. The number of hydrogen-bond donors (Lipinski definition) is 0. The van der Waals surface area contributed by atoms with Gasteiger partial charge in [0.1, 0.15) is 11.2 Å². The molecular weight excluding hydrogens is 717 g/mol. The van der Waals surface area contributed by atoms with E-state index in [0.29, 0.717) is 17.5 Å². The lowest BCUT2D eigenvalue weighted by molar-refractivity contribution is 0.669. The molecule has 0 aliphatic heterocycles. The van der Waals surface area contributed by atoms with E-state index in [4.69, 9.17) is 19.4 Å². The molecule has 0 spiro atoms. The second-order valence-electron chi connectivity index (χ2n) is 14.4. The van der Waals surface area contributed by atoms with E-state index < -0.39 is 0 Å². The highest BCUT2D eigenvalue weighted by atomic mass is 32.1. The second kappa shape index (κ2) is 12.6. The van der Waals surface area contributed by atoms with Crippen molar-refractivity contribution < 1.29 is 4.42 Å². The van der Waals surface area contributed by atoms with Gasteiger partial charge < -0.3 is 8.98 Å². The van der Waals surface area contributed by atoms with Gasteiger partial charge in [0, 0.05) is 69.7 Å². The molecule has 12 aromatic rings. The van der Waals surface area contributed by atoms with Crippen LogP contribution in [-0.4, -0.2) is 19.5 Å². The molecule has 4 heterocycles. The highest BCUT2D eigenvalue weighted by Gasteiger charge is 2.21. The molecule has 0 amide bonds. The van der Waals surface area contributed by atoms with Crippen LogP contribution in [0, 0.1) is 0 Å². The van der Waals surface area contributed by atoms with E-state index in [2.05, 4.69) is 120 Å². The Morgan fingerprint density at radius 1 is 0.404 bits per heavy atom. The van der Waals surface area contributed by atoms with Gasteiger partial charge in [-0.15, -0.1) is 11.3 Å². The molecule has 266 valence electrons. The largest absolute Gasteiger partial charge is 0.456 e. The Kier molecular flexibility index (Phi) is 7.03. The Hall–Kier alpha value is -7.41. The third kappa shape index (κ3) is 5.04. The monoisotopic (exact) mass is 746 g/mol. The number of thiophene rings is 1. The van der Waals surface area contributed by atoms with E-state index in [1.807, 2.05) is 78.1 Å². The van der Waals surface area contributed by atoms with Gasteiger partial charge >= 0.3 is 0 Å². The maximum Gasteiger partial charge on any atom is 0.164 e. The Labute approximate surface area is 330 Å². The van der Waals surface area contributed by atoms with E-state index in [0.717, 1.165) is 49.9 Å². The van der Waals surface area contributed by atoms with E-state index in [-0.39, 0.29) is 0 Å². The van der Waals surface area contributed by atoms with Crippen molar-refractivity contribution in [2.75, 3.05) is 0 Å². The Balaban J connectivity index is 1.10. The maximum atomic E-state index is 6.42. The molecule has 4 aromatic heterocycles. The van der Waals surface area contributed by atoms with Crippen molar-refractivity contribution in [3.8, 4) is 51.0 Å². The van der Waals surface area contributed by atoms with Gasteiger partial charge in [0.05, 0.1) is 11.0 Å². The molecule has 0 saturated heterocycles. The molecule has 0 radical (unpaired) electrons. The quantitative estimate of drug-likeness (QED) is 0.176. The first kappa shape index (κ1) is 31.9. The normalized spacial score (nSPS) is 11.9. The van der Waals surface area contributed by atoms with Crippen LogP contribution in [0.4, 0.5) is 0 Å². The minimum atomic E-state index is 0.634. The molecule has 6 heteroatoms. The van der Waals surface area contributed by atoms with Crippen molar-refractivity contribution in [1.82, 2.24) is 19.5 Å². The number of hydrogen-bond acceptors (Lipinski definition) is 5. The zero-order valence-electron chi connectivity index (χ0n) is 30.4. The summed E-state index contributed by atoms with van der Waals surface area (Å²) in [5.74, 6) is 1.93. The predicted octanol–water partition coefficient (Wildman–Crippen LogP) is 13.9. The first-order valence-corrected chi connectivity index (χ1v) is 19.8. The van der Waals surface area contributed by atoms with E-state index in [1.165, 1.54) is 47.5 Å². The molecule has 0 N–H and O–H groups in total. The fraction of sp³-hybridized carbons (Fsp3) is 0. The van der Waals surface area contributed by atoms with Crippen LogP contribution < -0.4 is 0 Å². The first-order valence-electron chi connectivity index (χ1n) is 19.0. The van der Waals surface area contributed by atoms with Crippen LogP contribution in [0.1, 0.15) is 0 Å². The molecule has 0 fully saturated rings. The molecule has 5 nitrogen and oxygen atoms in total. The third-order valence-electron chi connectivity index (χ3n) is 11.1. The van der Waals surface area contributed by atoms with Crippen LogP contribution in [0.25, 0.3) is 115 Å². The average molecular weight is 747 g/mol. The highest BCUT2D eigenvalue weighted by Crippen LogP contribution is 2.47. The maximum absolute atomic E-state index is 6.42. The van der Waals surface area contributed by atoms with Gasteiger partial charge in [0.25, 0.3) is 0 Å². The molecule has 57 heavy (non-hydrogen) atoms. The lowest BCUT2D eigenvalue weighted by Gasteiger charge is -2.13. The van der Waals surface area contributed by atoms with Gasteiger partial charge in [0.2, 0.25) is 0 Å². The summed E-state index contributed by atoms with van der Waals surface area (Å²) in [4.78, 5) is 14.9. The van der Waals surface area contributed by atoms with Gasteiger partial charge in [-0.3, -0.25) is 0 Å². The summed E-state index contributed by atoms with van der Waals surface area (Å²) in [5.41, 5.74) is 10.4. The molecule has 0 aliphatic carbocycles. The van der Waals surface area contributed by atoms with Crippen molar-refractivity contribution in [1.29, 1.82) is 0 Å². The fourth-order valence-corrected chi connectivity index (χ4v) is 9.68. The van der Waals surface area contributed by atoms with Crippen LogP contribution in [0.3, 0.4) is 0 Å². The summed E-state index contributed by atoms with van der Waals surface area (Å²) in [6, 6.07) is 63.8. The molecule has 0 bridgehead atoms. The van der Waals surface area contributed by atoms with Crippen LogP contribution in [-0.2, 0) is 0 Å². The summed E-state index contributed by atoms with van der Waals surface area (Å²) >= 11 is 1.84. The summed E-state index contributed by atoms with van der Waals surface area (Å²) in [6.07, 6.45) is 0. The van der Waals surface area contributed by atoms with Crippen LogP contribution in [0.2, 0.25) is 0 Å². The van der Waals surface area contributed by atoms with Gasteiger partial charge in [-0.1, -0.05) is 140 Å². The molecule has 0 aliphatic rings.